The number of amides is 2. The molecule has 2 aliphatic rings. The zero-order valence-electron chi connectivity index (χ0n) is 17.5. The van der Waals surface area contributed by atoms with Crippen LogP contribution in [-0.2, 0) is 16.1 Å². The number of ether oxygens (including phenoxy) is 1. The molecule has 1 unspecified atom stereocenters. The lowest BCUT2D eigenvalue weighted by Crippen LogP contribution is -2.28. The highest BCUT2D eigenvalue weighted by Crippen LogP contribution is 2.33. The fraction of sp³-hybridized carbons (Fsp3) is 0.417. The van der Waals surface area contributed by atoms with E-state index in [1.165, 1.54) is 18.4 Å². The van der Waals surface area contributed by atoms with Gasteiger partial charge < -0.3 is 15.0 Å². The van der Waals surface area contributed by atoms with Gasteiger partial charge in [0.2, 0.25) is 11.8 Å². The maximum absolute atomic E-state index is 12.8. The fourth-order valence-electron chi connectivity index (χ4n) is 4.21. The number of para-hydroxylation sites is 2. The Morgan fingerprint density at radius 1 is 1.10 bits per heavy atom. The number of nitrogens with zero attached hydrogens (tertiary/aromatic N) is 2. The number of carbonyl (C=O) groups is 2. The van der Waals surface area contributed by atoms with E-state index < -0.39 is 0 Å². The lowest BCUT2D eigenvalue weighted by atomic mass is 10.1. The van der Waals surface area contributed by atoms with Crippen LogP contribution in [0.3, 0.4) is 0 Å². The van der Waals surface area contributed by atoms with Crippen LogP contribution in [0.25, 0.3) is 0 Å². The number of nitrogens with one attached hydrogen (secondary N) is 1. The molecule has 2 saturated heterocycles. The topological polar surface area (TPSA) is 61.9 Å². The van der Waals surface area contributed by atoms with E-state index in [0.29, 0.717) is 18.9 Å². The van der Waals surface area contributed by atoms with Crippen molar-refractivity contribution in [1.29, 1.82) is 0 Å². The molecule has 2 aromatic rings. The van der Waals surface area contributed by atoms with Crippen molar-refractivity contribution in [2.24, 2.45) is 5.92 Å². The fourth-order valence-corrected chi connectivity index (χ4v) is 4.21. The van der Waals surface area contributed by atoms with Gasteiger partial charge in [0.05, 0.1) is 18.2 Å². The molecule has 2 fully saturated rings. The summed E-state index contributed by atoms with van der Waals surface area (Å²) < 4.78 is 5.65. The van der Waals surface area contributed by atoms with Crippen molar-refractivity contribution in [2.45, 2.75) is 32.7 Å². The molecule has 2 aliphatic heterocycles. The molecule has 1 N–H and O–H groups in total. The molecule has 0 aliphatic carbocycles. The normalized spacial score (nSPS) is 19.3. The van der Waals surface area contributed by atoms with Crippen molar-refractivity contribution < 1.29 is 14.3 Å². The number of hydrogen-bond donors (Lipinski definition) is 1. The van der Waals surface area contributed by atoms with Crippen LogP contribution < -0.4 is 15.0 Å². The van der Waals surface area contributed by atoms with Crippen molar-refractivity contribution >= 4 is 23.2 Å². The molecule has 0 saturated carbocycles. The number of carbonyl (C=O) groups excluding carboxylic acids is 2. The van der Waals surface area contributed by atoms with E-state index in [4.69, 9.17) is 4.74 Å². The summed E-state index contributed by atoms with van der Waals surface area (Å²) in [5.41, 5.74) is 2.75. The summed E-state index contributed by atoms with van der Waals surface area (Å²) in [6, 6.07) is 15.5. The molecule has 0 radical (unpaired) electrons. The third-order valence-electron chi connectivity index (χ3n) is 5.78. The molecule has 0 spiro atoms. The molecule has 4 rings (SSSR count). The molecule has 6 nitrogen and oxygen atoms in total. The molecule has 0 bridgehead atoms. The van der Waals surface area contributed by atoms with Crippen molar-refractivity contribution in [2.75, 3.05) is 36.5 Å². The second kappa shape index (κ2) is 9.30. The minimum absolute atomic E-state index is 0.0525. The monoisotopic (exact) mass is 407 g/mol. The van der Waals surface area contributed by atoms with E-state index in [2.05, 4.69) is 22.3 Å². The predicted molar refractivity (Wildman–Crippen MR) is 118 cm³/mol. The number of rotatable bonds is 7. The number of likely N-dealkylation sites (tertiary alicyclic amines) is 1. The maximum Gasteiger partial charge on any atom is 0.229 e. The van der Waals surface area contributed by atoms with Crippen LogP contribution in [0.15, 0.2) is 48.5 Å². The molecule has 158 valence electrons. The first kappa shape index (κ1) is 20.4. The highest BCUT2D eigenvalue weighted by Gasteiger charge is 2.36. The van der Waals surface area contributed by atoms with Gasteiger partial charge in [-0.15, -0.1) is 0 Å². The SMILES string of the molecule is CCOc1ccccc1N1CC(C(=O)Nc2ccc(CN3CCCC3)cc2)CC1=O. The van der Waals surface area contributed by atoms with Crippen molar-refractivity contribution in [1.82, 2.24) is 4.90 Å². The van der Waals surface area contributed by atoms with Gasteiger partial charge in [-0.05, 0) is 62.7 Å². The minimum atomic E-state index is -0.378. The molecular weight excluding hydrogens is 378 g/mol. The van der Waals surface area contributed by atoms with Gasteiger partial charge in [0.25, 0.3) is 0 Å². The number of benzene rings is 2. The van der Waals surface area contributed by atoms with Crippen molar-refractivity contribution in [3.05, 3.63) is 54.1 Å². The van der Waals surface area contributed by atoms with Crippen molar-refractivity contribution in [3.8, 4) is 5.75 Å². The number of hydrogen-bond acceptors (Lipinski definition) is 4. The summed E-state index contributed by atoms with van der Waals surface area (Å²) in [6.45, 7) is 6.08. The van der Waals surface area contributed by atoms with Crippen LogP contribution in [0.4, 0.5) is 11.4 Å². The Balaban J connectivity index is 1.37. The van der Waals surface area contributed by atoms with Crippen LogP contribution in [0, 0.1) is 5.92 Å². The lowest BCUT2D eigenvalue weighted by molar-refractivity contribution is -0.122. The van der Waals surface area contributed by atoms with Gasteiger partial charge in [0.15, 0.2) is 0 Å². The van der Waals surface area contributed by atoms with Gasteiger partial charge in [-0.25, -0.2) is 0 Å². The molecular formula is C24H29N3O3. The average molecular weight is 408 g/mol. The lowest BCUT2D eigenvalue weighted by Gasteiger charge is -2.20. The van der Waals surface area contributed by atoms with E-state index in [9.17, 15) is 9.59 Å². The molecule has 2 heterocycles. The van der Waals surface area contributed by atoms with Gasteiger partial charge in [0.1, 0.15) is 5.75 Å². The smallest absolute Gasteiger partial charge is 0.229 e. The first-order chi connectivity index (χ1) is 14.6. The Kier molecular flexibility index (Phi) is 6.33. The Morgan fingerprint density at radius 3 is 2.57 bits per heavy atom. The maximum atomic E-state index is 12.8. The molecule has 0 aromatic heterocycles. The quantitative estimate of drug-likeness (QED) is 0.761. The molecule has 1 atom stereocenters. The van der Waals surface area contributed by atoms with Crippen LogP contribution in [0.1, 0.15) is 31.7 Å². The largest absolute Gasteiger partial charge is 0.492 e. The second-order valence-electron chi connectivity index (χ2n) is 7.98. The van der Waals surface area contributed by atoms with E-state index >= 15 is 0 Å². The molecule has 6 heteroatoms. The minimum Gasteiger partial charge on any atom is -0.492 e. The van der Waals surface area contributed by atoms with Crippen LogP contribution in [0.2, 0.25) is 0 Å². The van der Waals surface area contributed by atoms with E-state index in [1.54, 1.807) is 4.90 Å². The summed E-state index contributed by atoms with van der Waals surface area (Å²) >= 11 is 0. The van der Waals surface area contributed by atoms with Crippen LogP contribution >= 0.6 is 0 Å². The Morgan fingerprint density at radius 2 is 1.83 bits per heavy atom. The van der Waals surface area contributed by atoms with Gasteiger partial charge in [0, 0.05) is 25.2 Å². The summed E-state index contributed by atoms with van der Waals surface area (Å²) in [5.74, 6) is 0.120. The summed E-state index contributed by atoms with van der Waals surface area (Å²) in [7, 11) is 0. The second-order valence-corrected chi connectivity index (χ2v) is 7.98. The zero-order valence-corrected chi connectivity index (χ0v) is 17.5. The molecule has 2 amide bonds. The summed E-state index contributed by atoms with van der Waals surface area (Å²) in [4.78, 5) is 29.5. The Bertz CT molecular complexity index is 891. The average Bonchev–Trinajstić information content (AvgIpc) is 3.40. The Labute approximate surface area is 177 Å². The van der Waals surface area contributed by atoms with Gasteiger partial charge in [-0.2, -0.15) is 0 Å². The third kappa shape index (κ3) is 4.65. The predicted octanol–water partition coefficient (Wildman–Crippen LogP) is 3.67. The highest BCUT2D eigenvalue weighted by molar-refractivity contribution is 6.04. The van der Waals surface area contributed by atoms with E-state index in [-0.39, 0.29) is 24.2 Å². The molecule has 30 heavy (non-hydrogen) atoms. The Hall–Kier alpha value is -2.86. The molecule has 2 aromatic carbocycles. The standard InChI is InChI=1S/C24H29N3O3/c1-2-30-22-8-4-3-7-21(22)27-17-19(15-23(27)28)24(29)25-20-11-9-18(10-12-20)16-26-13-5-6-14-26/h3-4,7-12,19H,2,5-6,13-17H2,1H3,(H,25,29). The van der Waals surface area contributed by atoms with Crippen molar-refractivity contribution in [3.63, 3.8) is 0 Å². The van der Waals surface area contributed by atoms with E-state index in [1.807, 2.05) is 43.3 Å². The van der Waals surface area contributed by atoms with Gasteiger partial charge in [-0.3, -0.25) is 14.5 Å². The van der Waals surface area contributed by atoms with Gasteiger partial charge >= 0.3 is 0 Å². The third-order valence-corrected chi connectivity index (χ3v) is 5.78. The van der Waals surface area contributed by atoms with Crippen LogP contribution in [-0.4, -0.2) is 43.0 Å². The number of anilines is 2. The highest BCUT2D eigenvalue weighted by atomic mass is 16.5. The van der Waals surface area contributed by atoms with Gasteiger partial charge in [-0.1, -0.05) is 24.3 Å². The van der Waals surface area contributed by atoms with Crippen LogP contribution in [0.5, 0.6) is 5.75 Å². The summed E-state index contributed by atoms with van der Waals surface area (Å²) in [6.07, 6.45) is 2.76. The first-order valence-electron chi connectivity index (χ1n) is 10.8. The first-order valence-corrected chi connectivity index (χ1v) is 10.8. The summed E-state index contributed by atoms with van der Waals surface area (Å²) in [5, 5.41) is 2.97. The zero-order chi connectivity index (χ0) is 20.9. The van der Waals surface area contributed by atoms with E-state index in [0.717, 1.165) is 31.0 Å².